The van der Waals surface area contributed by atoms with Gasteiger partial charge in [0.2, 0.25) is 5.82 Å². The fraction of sp³-hybridized carbons (Fsp3) is 0.143. The smallest absolute Gasteiger partial charge is 0.295 e. The Labute approximate surface area is 130 Å². The van der Waals surface area contributed by atoms with Crippen molar-refractivity contribution < 1.29 is 9.18 Å². The molecule has 3 aromatic rings. The van der Waals surface area contributed by atoms with E-state index < -0.39 is 11.7 Å². The fourth-order valence-corrected chi connectivity index (χ4v) is 2.21. The molecule has 0 radical (unpaired) electrons. The molecule has 0 aliphatic heterocycles. The number of rotatable bonds is 2. The number of anilines is 1. The highest BCUT2D eigenvalue weighted by molar-refractivity contribution is 6.31. The second-order valence-corrected chi connectivity index (χ2v) is 5.20. The van der Waals surface area contributed by atoms with Crippen molar-refractivity contribution in [1.82, 2.24) is 19.6 Å². The molecule has 1 amide bonds. The topological polar surface area (TPSA) is 72.2 Å². The first-order valence-corrected chi connectivity index (χ1v) is 6.79. The summed E-state index contributed by atoms with van der Waals surface area (Å²) in [7, 11) is 0. The number of benzene rings is 1. The third-order valence-corrected chi connectivity index (χ3v) is 3.23. The molecule has 0 unspecified atom stereocenters. The maximum atomic E-state index is 13.6. The Kier molecular flexibility index (Phi) is 3.50. The summed E-state index contributed by atoms with van der Waals surface area (Å²) in [5.74, 6) is -1.01. The summed E-state index contributed by atoms with van der Waals surface area (Å²) in [5.41, 5.74) is 1.53. The zero-order chi connectivity index (χ0) is 15.9. The third kappa shape index (κ3) is 2.62. The lowest BCUT2D eigenvalue weighted by Gasteiger charge is -2.04. The van der Waals surface area contributed by atoms with Gasteiger partial charge in [-0.05, 0) is 38.1 Å². The average molecular weight is 320 g/mol. The van der Waals surface area contributed by atoms with Crippen molar-refractivity contribution in [1.29, 1.82) is 0 Å². The van der Waals surface area contributed by atoms with E-state index in [1.165, 1.54) is 22.7 Å². The second kappa shape index (κ2) is 5.34. The molecule has 8 heteroatoms. The molecule has 112 valence electrons. The summed E-state index contributed by atoms with van der Waals surface area (Å²) >= 11 is 5.79. The zero-order valence-electron chi connectivity index (χ0n) is 11.8. The first-order valence-electron chi connectivity index (χ1n) is 6.41. The molecule has 1 aromatic carbocycles. The van der Waals surface area contributed by atoms with Crippen LogP contribution in [0.15, 0.2) is 24.3 Å². The van der Waals surface area contributed by atoms with Gasteiger partial charge in [0.15, 0.2) is 0 Å². The number of aromatic nitrogens is 4. The number of halogens is 2. The van der Waals surface area contributed by atoms with Crippen molar-refractivity contribution >= 4 is 29.0 Å². The highest BCUT2D eigenvalue weighted by atomic mass is 35.5. The lowest BCUT2D eigenvalue weighted by Crippen LogP contribution is -2.15. The van der Waals surface area contributed by atoms with Gasteiger partial charge in [-0.3, -0.25) is 4.79 Å². The number of hydrogen-bond acceptors (Lipinski definition) is 4. The molecule has 2 heterocycles. The van der Waals surface area contributed by atoms with Gasteiger partial charge >= 0.3 is 0 Å². The van der Waals surface area contributed by atoms with Gasteiger partial charge in [0.25, 0.3) is 11.7 Å². The minimum atomic E-state index is -0.635. The lowest BCUT2D eigenvalue weighted by molar-refractivity contribution is 0.101. The Morgan fingerprint density at radius 2 is 2.05 bits per heavy atom. The van der Waals surface area contributed by atoms with E-state index in [1.54, 1.807) is 0 Å². The zero-order valence-corrected chi connectivity index (χ0v) is 12.5. The highest BCUT2D eigenvalue weighted by Crippen LogP contribution is 2.20. The molecule has 1 N–H and O–H groups in total. The third-order valence-electron chi connectivity index (χ3n) is 3.00. The van der Waals surface area contributed by atoms with Crippen LogP contribution in [-0.4, -0.2) is 25.5 Å². The average Bonchev–Trinajstić information content (AvgIpc) is 2.87. The van der Waals surface area contributed by atoms with E-state index in [2.05, 4.69) is 20.4 Å². The normalized spacial score (nSPS) is 10.9. The van der Waals surface area contributed by atoms with Crippen LogP contribution < -0.4 is 5.32 Å². The van der Waals surface area contributed by atoms with Crippen LogP contribution in [0.1, 0.15) is 22.0 Å². The van der Waals surface area contributed by atoms with Crippen molar-refractivity contribution in [2.24, 2.45) is 0 Å². The van der Waals surface area contributed by atoms with E-state index in [9.17, 15) is 9.18 Å². The Morgan fingerprint density at radius 3 is 2.82 bits per heavy atom. The van der Waals surface area contributed by atoms with Gasteiger partial charge in [-0.2, -0.15) is 4.98 Å². The molecular formula is C14H11ClFN5O. The van der Waals surface area contributed by atoms with E-state index in [0.717, 1.165) is 11.4 Å². The van der Waals surface area contributed by atoms with Gasteiger partial charge in [-0.1, -0.05) is 11.6 Å². The number of fused-ring (bicyclic) bond motifs is 1. The predicted molar refractivity (Wildman–Crippen MR) is 79.6 cm³/mol. The summed E-state index contributed by atoms with van der Waals surface area (Å²) in [5, 5.41) is 6.79. The minimum absolute atomic E-state index is 0.0304. The van der Waals surface area contributed by atoms with Crippen LogP contribution in [0.3, 0.4) is 0 Å². The molecule has 0 aliphatic carbocycles. The molecule has 2 aromatic heterocycles. The number of aryl methyl sites for hydroxylation is 2. The molecule has 0 atom stereocenters. The largest absolute Gasteiger partial charge is 0.317 e. The van der Waals surface area contributed by atoms with E-state index >= 15 is 0 Å². The number of amides is 1. The SMILES string of the molecule is Cc1cc(C)n2nc(C(=O)Nc3cc(Cl)ccc3F)nc2n1. The van der Waals surface area contributed by atoms with Crippen LogP contribution in [0.25, 0.3) is 5.78 Å². The van der Waals surface area contributed by atoms with Gasteiger partial charge in [-0.25, -0.2) is 13.9 Å². The number of nitrogens with one attached hydrogen (secondary N) is 1. The quantitative estimate of drug-likeness (QED) is 0.788. The first kappa shape index (κ1) is 14.4. The number of nitrogens with zero attached hydrogens (tertiary/aromatic N) is 4. The summed E-state index contributed by atoms with van der Waals surface area (Å²) in [6.07, 6.45) is 0. The maximum Gasteiger partial charge on any atom is 0.295 e. The number of hydrogen-bond donors (Lipinski definition) is 1. The summed E-state index contributed by atoms with van der Waals surface area (Å²) in [6, 6.07) is 5.70. The Balaban J connectivity index is 1.95. The first-order chi connectivity index (χ1) is 10.4. The molecule has 6 nitrogen and oxygen atoms in total. The van der Waals surface area contributed by atoms with Crippen molar-refractivity contribution in [3.63, 3.8) is 0 Å². The van der Waals surface area contributed by atoms with Crippen LogP contribution in [-0.2, 0) is 0 Å². The summed E-state index contributed by atoms with van der Waals surface area (Å²) < 4.78 is 15.1. The molecule has 0 fully saturated rings. The van der Waals surface area contributed by atoms with Crippen LogP contribution in [0.5, 0.6) is 0 Å². The van der Waals surface area contributed by atoms with Gasteiger partial charge in [0, 0.05) is 16.4 Å². The van der Waals surface area contributed by atoms with Crippen molar-refractivity contribution in [2.75, 3.05) is 5.32 Å². The molecular weight excluding hydrogens is 309 g/mol. The highest BCUT2D eigenvalue weighted by Gasteiger charge is 2.16. The van der Waals surface area contributed by atoms with E-state index in [-0.39, 0.29) is 11.5 Å². The van der Waals surface area contributed by atoms with E-state index in [0.29, 0.717) is 10.8 Å². The minimum Gasteiger partial charge on any atom is -0.317 e. The van der Waals surface area contributed by atoms with Gasteiger partial charge < -0.3 is 5.32 Å². The van der Waals surface area contributed by atoms with Crippen LogP contribution in [0.4, 0.5) is 10.1 Å². The molecule has 0 bridgehead atoms. The molecule has 22 heavy (non-hydrogen) atoms. The number of carbonyl (C=O) groups is 1. The molecule has 0 spiro atoms. The van der Waals surface area contributed by atoms with Gasteiger partial charge in [0.05, 0.1) is 5.69 Å². The van der Waals surface area contributed by atoms with E-state index in [1.807, 2.05) is 19.9 Å². The van der Waals surface area contributed by atoms with Crippen molar-refractivity contribution in [2.45, 2.75) is 13.8 Å². The monoisotopic (exact) mass is 319 g/mol. The molecule has 0 aliphatic rings. The van der Waals surface area contributed by atoms with Crippen molar-refractivity contribution in [3.05, 3.63) is 52.3 Å². The number of carbonyl (C=O) groups excluding carboxylic acids is 1. The summed E-state index contributed by atoms with van der Waals surface area (Å²) in [4.78, 5) is 20.4. The Morgan fingerprint density at radius 1 is 1.27 bits per heavy atom. The molecule has 0 saturated carbocycles. The van der Waals surface area contributed by atoms with Crippen molar-refractivity contribution in [3.8, 4) is 0 Å². The van der Waals surface area contributed by atoms with Crippen LogP contribution >= 0.6 is 11.6 Å². The lowest BCUT2D eigenvalue weighted by atomic mass is 10.3. The van der Waals surface area contributed by atoms with Gasteiger partial charge in [0.1, 0.15) is 5.82 Å². The van der Waals surface area contributed by atoms with Crippen LogP contribution in [0.2, 0.25) is 5.02 Å². The van der Waals surface area contributed by atoms with E-state index in [4.69, 9.17) is 11.6 Å². The Hall–Kier alpha value is -2.54. The molecule has 0 saturated heterocycles. The maximum absolute atomic E-state index is 13.6. The predicted octanol–water partition coefficient (Wildman–Crippen LogP) is 2.79. The molecule has 3 rings (SSSR count). The second-order valence-electron chi connectivity index (χ2n) is 4.76. The Bertz CT molecular complexity index is 892. The fourth-order valence-electron chi connectivity index (χ4n) is 2.03. The van der Waals surface area contributed by atoms with Crippen LogP contribution in [0, 0.1) is 19.7 Å². The van der Waals surface area contributed by atoms with Gasteiger partial charge in [-0.15, -0.1) is 5.10 Å². The standard InChI is InChI=1S/C14H11ClFN5O/c1-7-5-8(2)21-14(17-7)19-12(20-21)13(22)18-11-6-9(15)3-4-10(11)16/h3-6H,1-2H3,(H,18,22). The summed E-state index contributed by atoms with van der Waals surface area (Å²) in [6.45, 7) is 3.65.